The lowest BCUT2D eigenvalue weighted by atomic mass is 10.1. The van der Waals surface area contributed by atoms with Crippen molar-refractivity contribution in [3.05, 3.63) is 0 Å². The zero-order chi connectivity index (χ0) is 13.7. The van der Waals surface area contributed by atoms with E-state index in [-0.39, 0.29) is 28.7 Å². The molecule has 0 aromatic rings. The predicted molar refractivity (Wildman–Crippen MR) is 72.3 cm³/mol. The minimum absolute atomic E-state index is 0.0821. The molecule has 1 N–H and O–H groups in total. The first kappa shape index (κ1) is 15.2. The monoisotopic (exact) mass is 288 g/mol. The molecule has 0 aromatic heterocycles. The number of carboxylic acids is 1. The molecule has 1 rings (SSSR count). The number of carboxylic acid groups (broad SMARTS) is 1. The van der Waals surface area contributed by atoms with Crippen LogP contribution in [-0.4, -0.2) is 50.6 Å². The van der Waals surface area contributed by atoms with Crippen molar-refractivity contribution in [3.63, 3.8) is 0 Å². The van der Waals surface area contributed by atoms with Crippen LogP contribution in [0.15, 0.2) is 0 Å². The first-order valence-electron chi connectivity index (χ1n) is 5.59. The largest absolute Gasteiger partial charge is 0.480 e. The fourth-order valence-electron chi connectivity index (χ4n) is 1.81. The van der Waals surface area contributed by atoms with E-state index in [9.17, 15) is 9.59 Å². The van der Waals surface area contributed by atoms with Gasteiger partial charge in [0.15, 0.2) is 0 Å². The number of rotatable bonds is 5. The molecule has 0 bridgehead atoms. The Morgan fingerprint density at radius 1 is 1.61 bits per heavy atom. The summed E-state index contributed by atoms with van der Waals surface area (Å²) in [4.78, 5) is 24.7. The molecule has 7 heteroatoms. The number of hydrogen-bond donors (Lipinski definition) is 1. The molecule has 18 heavy (non-hydrogen) atoms. The summed E-state index contributed by atoms with van der Waals surface area (Å²) < 4.78 is 0. The van der Waals surface area contributed by atoms with Crippen LogP contribution in [0.3, 0.4) is 0 Å². The summed E-state index contributed by atoms with van der Waals surface area (Å²) in [7, 11) is 0. The van der Waals surface area contributed by atoms with Crippen LogP contribution < -0.4 is 0 Å². The van der Waals surface area contributed by atoms with Crippen LogP contribution in [0.4, 0.5) is 0 Å². The Labute approximate surface area is 115 Å². The SMILES string of the molecule is CC(C)C1SCC(C(=O)O)N1C(=O)CSCC#N. The molecule has 1 aliphatic rings. The first-order chi connectivity index (χ1) is 8.49. The van der Waals surface area contributed by atoms with Crippen LogP contribution in [-0.2, 0) is 9.59 Å². The Hall–Kier alpha value is -0.870. The second-order valence-electron chi connectivity index (χ2n) is 4.27. The van der Waals surface area contributed by atoms with E-state index < -0.39 is 12.0 Å². The number of amides is 1. The molecule has 2 unspecified atom stereocenters. The molecular formula is C11H16N2O3S2. The van der Waals surface area contributed by atoms with Crippen molar-refractivity contribution in [2.24, 2.45) is 5.92 Å². The maximum absolute atomic E-state index is 12.1. The minimum Gasteiger partial charge on any atom is -0.480 e. The third-order valence-corrected chi connectivity index (χ3v) is 4.98. The van der Waals surface area contributed by atoms with Crippen LogP contribution in [0, 0.1) is 17.2 Å². The Kier molecular flexibility index (Phi) is 5.82. The van der Waals surface area contributed by atoms with Gasteiger partial charge in [-0.2, -0.15) is 5.26 Å². The summed E-state index contributed by atoms with van der Waals surface area (Å²) in [6.07, 6.45) is 0. The van der Waals surface area contributed by atoms with E-state index in [2.05, 4.69) is 0 Å². The molecule has 1 fully saturated rings. The topological polar surface area (TPSA) is 81.4 Å². The van der Waals surface area contributed by atoms with Crippen molar-refractivity contribution in [2.75, 3.05) is 17.3 Å². The fraction of sp³-hybridized carbons (Fsp3) is 0.727. The molecule has 1 amide bonds. The Morgan fingerprint density at radius 3 is 2.78 bits per heavy atom. The van der Waals surface area contributed by atoms with Crippen molar-refractivity contribution < 1.29 is 14.7 Å². The summed E-state index contributed by atoms with van der Waals surface area (Å²) in [6.45, 7) is 3.95. The number of aliphatic carboxylic acids is 1. The van der Waals surface area contributed by atoms with Gasteiger partial charge in [0, 0.05) is 5.75 Å². The summed E-state index contributed by atoms with van der Waals surface area (Å²) in [5.41, 5.74) is 0. The molecule has 1 aliphatic heterocycles. The molecule has 0 saturated carbocycles. The zero-order valence-corrected chi connectivity index (χ0v) is 12.0. The summed E-state index contributed by atoms with van der Waals surface area (Å²) >= 11 is 2.73. The lowest BCUT2D eigenvalue weighted by molar-refractivity contribution is -0.148. The van der Waals surface area contributed by atoms with Gasteiger partial charge in [0.2, 0.25) is 5.91 Å². The number of hydrogen-bond acceptors (Lipinski definition) is 5. The van der Waals surface area contributed by atoms with Gasteiger partial charge < -0.3 is 10.0 Å². The van der Waals surface area contributed by atoms with E-state index in [0.717, 1.165) is 0 Å². The van der Waals surface area contributed by atoms with Gasteiger partial charge in [0.05, 0.1) is 22.9 Å². The molecule has 100 valence electrons. The lowest BCUT2D eigenvalue weighted by Crippen LogP contribution is -2.47. The zero-order valence-electron chi connectivity index (χ0n) is 10.3. The third-order valence-electron chi connectivity index (χ3n) is 2.57. The molecule has 0 aliphatic carbocycles. The van der Waals surface area contributed by atoms with Crippen LogP contribution in [0.1, 0.15) is 13.8 Å². The average Bonchev–Trinajstić information content (AvgIpc) is 2.73. The predicted octanol–water partition coefficient (Wildman–Crippen LogP) is 1.25. The maximum Gasteiger partial charge on any atom is 0.327 e. The van der Waals surface area contributed by atoms with Crippen molar-refractivity contribution in [1.29, 1.82) is 5.26 Å². The Bertz CT molecular complexity index is 368. The Morgan fingerprint density at radius 2 is 2.28 bits per heavy atom. The van der Waals surface area contributed by atoms with Crippen LogP contribution >= 0.6 is 23.5 Å². The smallest absolute Gasteiger partial charge is 0.327 e. The second-order valence-corrected chi connectivity index (χ2v) is 6.41. The summed E-state index contributed by atoms with van der Waals surface area (Å²) in [5, 5.41) is 17.5. The highest BCUT2D eigenvalue weighted by molar-refractivity contribution is 8.00. The van der Waals surface area contributed by atoms with Gasteiger partial charge in [0.25, 0.3) is 0 Å². The average molecular weight is 288 g/mol. The molecule has 2 atom stereocenters. The van der Waals surface area contributed by atoms with Crippen LogP contribution in [0.2, 0.25) is 0 Å². The number of carbonyl (C=O) groups is 2. The normalized spacial score (nSPS) is 23.1. The third kappa shape index (κ3) is 3.56. The van der Waals surface area contributed by atoms with E-state index in [4.69, 9.17) is 10.4 Å². The maximum atomic E-state index is 12.1. The van der Waals surface area contributed by atoms with E-state index in [1.807, 2.05) is 19.9 Å². The second kappa shape index (κ2) is 6.90. The highest BCUT2D eigenvalue weighted by Crippen LogP contribution is 2.34. The van der Waals surface area contributed by atoms with E-state index >= 15 is 0 Å². The van der Waals surface area contributed by atoms with Crippen molar-refractivity contribution >= 4 is 35.4 Å². The molecule has 0 aromatic carbocycles. The lowest BCUT2D eigenvalue weighted by Gasteiger charge is -2.29. The highest BCUT2D eigenvalue weighted by atomic mass is 32.2. The Balaban J connectivity index is 2.73. The summed E-state index contributed by atoms with van der Waals surface area (Å²) in [6, 6.07) is 1.21. The number of nitriles is 1. The van der Waals surface area contributed by atoms with Gasteiger partial charge in [-0.1, -0.05) is 13.8 Å². The molecule has 0 spiro atoms. The number of nitrogens with zero attached hydrogens (tertiary/aromatic N) is 2. The van der Waals surface area contributed by atoms with Gasteiger partial charge in [-0.25, -0.2) is 4.79 Å². The number of carbonyl (C=O) groups excluding carboxylic acids is 1. The van der Waals surface area contributed by atoms with E-state index in [1.54, 1.807) is 0 Å². The highest BCUT2D eigenvalue weighted by Gasteiger charge is 2.42. The van der Waals surface area contributed by atoms with Gasteiger partial charge in [0.1, 0.15) is 6.04 Å². The molecule has 0 radical (unpaired) electrons. The van der Waals surface area contributed by atoms with Crippen molar-refractivity contribution in [2.45, 2.75) is 25.3 Å². The quantitative estimate of drug-likeness (QED) is 0.767. The van der Waals surface area contributed by atoms with E-state index in [1.165, 1.54) is 28.4 Å². The van der Waals surface area contributed by atoms with Crippen LogP contribution in [0.5, 0.6) is 0 Å². The van der Waals surface area contributed by atoms with Gasteiger partial charge in [-0.15, -0.1) is 23.5 Å². The standard InChI is InChI=1S/C11H16N2O3S2/c1-7(2)10-13(8(5-18-10)11(15)16)9(14)6-17-4-3-12/h7-8,10H,4-6H2,1-2H3,(H,15,16). The number of thioether (sulfide) groups is 2. The molecule has 5 nitrogen and oxygen atoms in total. The van der Waals surface area contributed by atoms with E-state index in [0.29, 0.717) is 5.75 Å². The molecular weight excluding hydrogens is 272 g/mol. The fourth-order valence-corrected chi connectivity index (χ4v) is 3.82. The minimum atomic E-state index is -0.954. The van der Waals surface area contributed by atoms with Crippen molar-refractivity contribution in [3.8, 4) is 6.07 Å². The first-order valence-corrected chi connectivity index (χ1v) is 7.79. The van der Waals surface area contributed by atoms with Crippen LogP contribution in [0.25, 0.3) is 0 Å². The molecule has 1 saturated heterocycles. The summed E-state index contributed by atoms with van der Waals surface area (Å²) in [5.74, 6) is -0.0787. The molecule has 1 heterocycles. The van der Waals surface area contributed by atoms with Gasteiger partial charge in [-0.3, -0.25) is 4.79 Å². The van der Waals surface area contributed by atoms with Gasteiger partial charge in [-0.05, 0) is 5.92 Å². The van der Waals surface area contributed by atoms with Crippen molar-refractivity contribution in [1.82, 2.24) is 4.90 Å². The van der Waals surface area contributed by atoms with Gasteiger partial charge >= 0.3 is 5.97 Å².